The summed E-state index contributed by atoms with van der Waals surface area (Å²) < 4.78 is 58.2. The predicted octanol–water partition coefficient (Wildman–Crippen LogP) is 6.54. The van der Waals surface area contributed by atoms with Gasteiger partial charge in [0.25, 0.3) is 0 Å². The lowest BCUT2D eigenvalue weighted by Crippen LogP contribution is -2.27. The van der Waals surface area contributed by atoms with Crippen LogP contribution in [0.1, 0.15) is 42.7 Å². The number of halogens is 5. The van der Waals surface area contributed by atoms with Crippen molar-refractivity contribution >= 4 is 23.2 Å². The number of hydrogen-bond acceptors (Lipinski definition) is 2. The van der Waals surface area contributed by atoms with Crippen LogP contribution in [-0.4, -0.2) is 13.0 Å². The Morgan fingerprint density at radius 1 is 1.14 bits per heavy atom. The van der Waals surface area contributed by atoms with E-state index in [2.05, 4.69) is 0 Å². The molecule has 8 heteroatoms. The van der Waals surface area contributed by atoms with Gasteiger partial charge in [0.1, 0.15) is 5.75 Å². The molecule has 1 aliphatic carbocycles. The van der Waals surface area contributed by atoms with Gasteiger partial charge in [-0.15, -0.1) is 0 Å². The Kier molecular flexibility index (Phi) is 4.97. The van der Waals surface area contributed by atoms with E-state index < -0.39 is 28.3 Å². The minimum Gasteiger partial charge on any atom is -0.453 e. The fourth-order valence-corrected chi connectivity index (χ4v) is 4.54. The number of fused-ring (bicyclic) bond motifs is 1. The van der Waals surface area contributed by atoms with Gasteiger partial charge in [-0.2, -0.15) is 13.2 Å². The Morgan fingerprint density at radius 3 is 2.45 bits per heavy atom. The number of amides is 1. The number of alkyl halides is 3. The van der Waals surface area contributed by atoms with Gasteiger partial charge in [0.05, 0.1) is 16.5 Å². The Hall–Kier alpha value is -2.28. The van der Waals surface area contributed by atoms with Crippen LogP contribution in [0.15, 0.2) is 30.3 Å². The van der Waals surface area contributed by atoms with Gasteiger partial charge >= 0.3 is 6.18 Å². The quantitative estimate of drug-likeness (QED) is 0.520. The van der Waals surface area contributed by atoms with Crippen molar-refractivity contribution in [2.45, 2.75) is 37.8 Å². The summed E-state index contributed by atoms with van der Waals surface area (Å²) in [6.45, 7) is 0. The van der Waals surface area contributed by atoms with Crippen LogP contribution in [0.3, 0.4) is 0 Å². The minimum absolute atomic E-state index is 0.0165. The molecule has 0 spiro atoms. The lowest BCUT2D eigenvalue weighted by Gasteiger charge is -2.18. The van der Waals surface area contributed by atoms with E-state index in [1.165, 1.54) is 0 Å². The first-order chi connectivity index (χ1) is 13.7. The van der Waals surface area contributed by atoms with Crippen LogP contribution in [0.5, 0.6) is 11.5 Å². The van der Waals surface area contributed by atoms with Crippen molar-refractivity contribution in [3.05, 3.63) is 52.3 Å². The van der Waals surface area contributed by atoms with Gasteiger partial charge in [-0.3, -0.25) is 4.79 Å². The minimum atomic E-state index is -4.71. The maximum Gasteiger partial charge on any atom is 0.416 e. The third-order valence-corrected chi connectivity index (χ3v) is 5.99. The van der Waals surface area contributed by atoms with Crippen LogP contribution in [0.2, 0.25) is 5.02 Å². The van der Waals surface area contributed by atoms with E-state index in [0.29, 0.717) is 12.1 Å². The molecule has 1 fully saturated rings. The van der Waals surface area contributed by atoms with Crippen LogP contribution in [-0.2, 0) is 11.0 Å². The Bertz CT molecular complexity index is 947. The van der Waals surface area contributed by atoms with Crippen molar-refractivity contribution < 1.29 is 27.1 Å². The number of hydrogen-bond donors (Lipinski definition) is 0. The first-order valence-corrected chi connectivity index (χ1v) is 9.70. The first kappa shape index (κ1) is 20.0. The lowest BCUT2D eigenvalue weighted by molar-refractivity contribution is -0.137. The van der Waals surface area contributed by atoms with E-state index in [1.807, 2.05) is 0 Å². The molecule has 1 amide bonds. The molecule has 0 N–H and O–H groups in total. The van der Waals surface area contributed by atoms with E-state index in [9.17, 15) is 22.4 Å². The summed E-state index contributed by atoms with van der Waals surface area (Å²) in [5.74, 6) is -1.49. The molecule has 4 rings (SSSR count). The van der Waals surface area contributed by atoms with Crippen molar-refractivity contribution in [3.63, 3.8) is 0 Å². The summed E-state index contributed by atoms with van der Waals surface area (Å²) in [7, 11) is 1.71. The zero-order chi connectivity index (χ0) is 20.9. The highest BCUT2D eigenvalue weighted by atomic mass is 35.5. The van der Waals surface area contributed by atoms with E-state index in [0.717, 1.165) is 36.9 Å². The molecule has 2 aromatic carbocycles. The normalized spacial score (nSPS) is 19.7. The van der Waals surface area contributed by atoms with Crippen molar-refractivity contribution in [1.82, 2.24) is 0 Å². The summed E-state index contributed by atoms with van der Waals surface area (Å²) >= 11 is 5.86. The fraction of sp³-hybridized carbons (Fsp3) is 0.381. The number of rotatable bonds is 3. The van der Waals surface area contributed by atoms with Crippen molar-refractivity contribution in [1.29, 1.82) is 0 Å². The molecule has 0 aromatic heterocycles. The zero-order valence-electron chi connectivity index (χ0n) is 15.5. The van der Waals surface area contributed by atoms with E-state index in [-0.39, 0.29) is 23.5 Å². The Labute approximate surface area is 170 Å². The molecule has 29 heavy (non-hydrogen) atoms. The topological polar surface area (TPSA) is 29.5 Å². The molecular formula is C21H18ClF4NO2. The molecule has 1 heterocycles. The number of benzene rings is 2. The highest BCUT2D eigenvalue weighted by Crippen LogP contribution is 2.48. The third kappa shape index (κ3) is 3.56. The molecule has 0 bridgehead atoms. The monoisotopic (exact) mass is 427 g/mol. The average molecular weight is 428 g/mol. The van der Waals surface area contributed by atoms with Crippen molar-refractivity contribution in [2.24, 2.45) is 5.92 Å². The maximum atomic E-state index is 14.3. The number of ether oxygens (including phenoxy) is 1. The highest BCUT2D eigenvalue weighted by Gasteiger charge is 2.41. The molecule has 0 radical (unpaired) electrons. The number of carbonyl (C=O) groups is 1. The first-order valence-electron chi connectivity index (χ1n) is 9.32. The molecule has 1 aliphatic heterocycles. The van der Waals surface area contributed by atoms with Gasteiger partial charge < -0.3 is 9.64 Å². The number of anilines is 1. The third-order valence-electron chi connectivity index (χ3n) is 5.71. The molecular weight excluding hydrogens is 410 g/mol. The molecule has 1 unspecified atom stereocenters. The molecule has 3 nitrogen and oxygen atoms in total. The zero-order valence-corrected chi connectivity index (χ0v) is 16.3. The van der Waals surface area contributed by atoms with Gasteiger partial charge in [0.2, 0.25) is 5.91 Å². The number of nitrogens with zero attached hydrogens (tertiary/aromatic N) is 1. The van der Waals surface area contributed by atoms with Gasteiger partial charge in [-0.25, -0.2) is 4.39 Å². The largest absolute Gasteiger partial charge is 0.453 e. The lowest BCUT2D eigenvalue weighted by atomic mass is 9.86. The second kappa shape index (κ2) is 7.20. The van der Waals surface area contributed by atoms with E-state index in [1.54, 1.807) is 30.1 Å². The SMILES string of the molecule is CN1C(=O)C(C2CCCC2)c2cc(Oc3c(F)cc(C(F)(F)F)cc3Cl)ccc21. The fourth-order valence-electron chi connectivity index (χ4n) is 4.30. The summed E-state index contributed by atoms with van der Waals surface area (Å²) in [6.07, 6.45) is -0.621. The number of carbonyl (C=O) groups excluding carboxylic acids is 1. The van der Waals surface area contributed by atoms with E-state index in [4.69, 9.17) is 16.3 Å². The summed E-state index contributed by atoms with van der Waals surface area (Å²) in [5.41, 5.74) is 0.374. The molecule has 1 atom stereocenters. The molecule has 2 aliphatic rings. The van der Waals surface area contributed by atoms with Gasteiger partial charge in [-0.1, -0.05) is 24.4 Å². The summed E-state index contributed by atoms with van der Waals surface area (Å²) in [6, 6.07) is 5.90. The Morgan fingerprint density at radius 2 is 1.83 bits per heavy atom. The second-order valence-corrected chi connectivity index (χ2v) is 7.92. The van der Waals surface area contributed by atoms with Crippen LogP contribution in [0.4, 0.5) is 23.2 Å². The molecule has 0 saturated heterocycles. The van der Waals surface area contributed by atoms with Gasteiger partial charge in [0.15, 0.2) is 11.6 Å². The number of likely N-dealkylation sites (N-methyl/N-ethyl adjacent to an activating group) is 1. The van der Waals surface area contributed by atoms with E-state index >= 15 is 0 Å². The highest BCUT2D eigenvalue weighted by molar-refractivity contribution is 6.32. The Balaban J connectivity index is 1.68. The molecule has 2 aromatic rings. The predicted molar refractivity (Wildman–Crippen MR) is 101 cm³/mol. The molecule has 1 saturated carbocycles. The van der Waals surface area contributed by atoms with Crippen molar-refractivity contribution in [3.8, 4) is 11.5 Å². The average Bonchev–Trinajstić information content (AvgIpc) is 3.25. The van der Waals surface area contributed by atoms with Crippen LogP contribution in [0.25, 0.3) is 0 Å². The summed E-state index contributed by atoms with van der Waals surface area (Å²) in [4.78, 5) is 14.4. The summed E-state index contributed by atoms with van der Waals surface area (Å²) in [5, 5.41) is -0.474. The van der Waals surface area contributed by atoms with Gasteiger partial charge in [-0.05, 0) is 54.7 Å². The maximum absolute atomic E-state index is 14.3. The smallest absolute Gasteiger partial charge is 0.416 e. The second-order valence-electron chi connectivity index (χ2n) is 7.51. The molecule has 154 valence electrons. The standard InChI is InChI=1S/C21H18ClF4NO2/c1-27-17-7-6-13(10-14(17)18(20(27)28)11-4-2-3-5-11)29-19-15(22)8-12(9-16(19)23)21(24,25)26/h6-11,18H,2-5H2,1H3. The van der Waals surface area contributed by atoms with Gasteiger partial charge in [0, 0.05) is 12.7 Å². The van der Waals surface area contributed by atoms with Crippen molar-refractivity contribution in [2.75, 3.05) is 11.9 Å². The van der Waals surface area contributed by atoms with Crippen LogP contribution in [0, 0.1) is 11.7 Å². The van der Waals surface area contributed by atoms with Crippen LogP contribution >= 0.6 is 11.6 Å². The van der Waals surface area contributed by atoms with Crippen LogP contribution < -0.4 is 9.64 Å².